The van der Waals surface area contributed by atoms with Gasteiger partial charge in [0.15, 0.2) is 5.78 Å². The molecule has 4 heteroatoms. The number of ketones is 1. The van der Waals surface area contributed by atoms with Crippen molar-refractivity contribution in [3.05, 3.63) is 58.9 Å². The zero-order valence-corrected chi connectivity index (χ0v) is 12.6. The first-order valence-corrected chi connectivity index (χ1v) is 7.33. The average Bonchev–Trinajstić information content (AvgIpc) is 2.86. The lowest BCUT2D eigenvalue weighted by molar-refractivity contribution is 0.103. The number of nitrogens with zero attached hydrogens (tertiary/aromatic N) is 2. The molecule has 2 aromatic rings. The fourth-order valence-electron chi connectivity index (χ4n) is 2.89. The molecule has 0 bridgehead atoms. The van der Waals surface area contributed by atoms with Gasteiger partial charge in [-0.3, -0.25) is 4.79 Å². The van der Waals surface area contributed by atoms with Crippen LogP contribution in [0.4, 0.5) is 0 Å². The predicted octanol–water partition coefficient (Wildman–Crippen LogP) is 1.88. The maximum atomic E-state index is 12.8. The standard InChI is InChI=1S/C17H21N3O/c1-19(2)12-16-15(10-14-11-18-8-9-20(14)16)17(21)13-6-4-3-5-7-13/h3-7,10,18H,8-9,11-12H2,1-2H3. The number of nitrogens with one attached hydrogen (secondary N) is 1. The van der Waals surface area contributed by atoms with E-state index in [1.54, 1.807) is 0 Å². The highest BCUT2D eigenvalue weighted by molar-refractivity contribution is 6.10. The van der Waals surface area contributed by atoms with Crippen LogP contribution in [0.1, 0.15) is 27.3 Å². The Kier molecular flexibility index (Phi) is 3.90. The fourth-order valence-corrected chi connectivity index (χ4v) is 2.89. The third kappa shape index (κ3) is 2.77. The van der Waals surface area contributed by atoms with Crippen molar-refractivity contribution >= 4 is 5.78 Å². The molecule has 1 aromatic heterocycles. The van der Waals surface area contributed by atoms with Crippen LogP contribution in [0.2, 0.25) is 0 Å². The van der Waals surface area contributed by atoms with Crippen LogP contribution < -0.4 is 5.32 Å². The number of carbonyl (C=O) groups is 1. The molecule has 3 rings (SSSR count). The molecule has 0 spiro atoms. The number of benzene rings is 1. The second-order valence-electron chi connectivity index (χ2n) is 5.76. The number of hydrogen-bond donors (Lipinski definition) is 1. The monoisotopic (exact) mass is 283 g/mol. The summed E-state index contributed by atoms with van der Waals surface area (Å²) in [6, 6.07) is 11.6. The minimum absolute atomic E-state index is 0.120. The van der Waals surface area contributed by atoms with Gasteiger partial charge in [-0.05, 0) is 20.2 Å². The van der Waals surface area contributed by atoms with Crippen molar-refractivity contribution < 1.29 is 4.79 Å². The summed E-state index contributed by atoms with van der Waals surface area (Å²) in [7, 11) is 4.08. The summed E-state index contributed by atoms with van der Waals surface area (Å²) in [6.45, 7) is 3.51. The van der Waals surface area contributed by atoms with Gasteiger partial charge >= 0.3 is 0 Å². The molecule has 4 nitrogen and oxygen atoms in total. The third-order valence-corrected chi connectivity index (χ3v) is 3.86. The number of hydrogen-bond acceptors (Lipinski definition) is 3. The quantitative estimate of drug-likeness (QED) is 0.871. The van der Waals surface area contributed by atoms with Gasteiger partial charge in [-0.1, -0.05) is 30.3 Å². The first-order valence-electron chi connectivity index (χ1n) is 7.33. The molecule has 0 fully saturated rings. The van der Waals surface area contributed by atoms with E-state index in [2.05, 4.69) is 20.9 Å². The Labute approximate surface area is 125 Å². The van der Waals surface area contributed by atoms with Gasteiger partial charge in [0.25, 0.3) is 0 Å². The summed E-state index contributed by atoms with van der Waals surface area (Å²) in [5.74, 6) is 0.120. The molecule has 1 aliphatic heterocycles. The van der Waals surface area contributed by atoms with Gasteiger partial charge < -0.3 is 14.8 Å². The normalized spacial score (nSPS) is 14.2. The molecular formula is C17H21N3O. The largest absolute Gasteiger partial charge is 0.344 e. The van der Waals surface area contributed by atoms with E-state index in [0.29, 0.717) is 0 Å². The lowest BCUT2D eigenvalue weighted by atomic mass is 10.0. The minimum atomic E-state index is 0.120. The third-order valence-electron chi connectivity index (χ3n) is 3.86. The van der Waals surface area contributed by atoms with Crippen LogP contribution in [-0.4, -0.2) is 35.9 Å². The molecule has 0 saturated carbocycles. The van der Waals surface area contributed by atoms with Crippen LogP contribution in [0.3, 0.4) is 0 Å². The molecule has 0 aliphatic carbocycles. The van der Waals surface area contributed by atoms with E-state index in [9.17, 15) is 4.79 Å². The Morgan fingerprint density at radius 2 is 2.05 bits per heavy atom. The molecule has 1 aliphatic rings. The van der Waals surface area contributed by atoms with E-state index in [4.69, 9.17) is 0 Å². The van der Waals surface area contributed by atoms with Gasteiger partial charge in [-0.2, -0.15) is 0 Å². The van der Waals surface area contributed by atoms with Gasteiger partial charge in [0.2, 0.25) is 0 Å². The molecule has 0 unspecified atom stereocenters. The van der Waals surface area contributed by atoms with Crippen LogP contribution in [0.5, 0.6) is 0 Å². The predicted molar refractivity (Wildman–Crippen MR) is 83.4 cm³/mol. The molecule has 1 aromatic carbocycles. The summed E-state index contributed by atoms with van der Waals surface area (Å²) in [5.41, 5.74) is 3.93. The Balaban J connectivity index is 2.05. The van der Waals surface area contributed by atoms with Crippen molar-refractivity contribution in [2.24, 2.45) is 0 Å². The van der Waals surface area contributed by atoms with E-state index >= 15 is 0 Å². The summed E-state index contributed by atoms with van der Waals surface area (Å²) in [6.07, 6.45) is 0. The van der Waals surface area contributed by atoms with Crippen molar-refractivity contribution in [1.82, 2.24) is 14.8 Å². The average molecular weight is 283 g/mol. The second-order valence-corrected chi connectivity index (χ2v) is 5.76. The zero-order chi connectivity index (χ0) is 14.8. The topological polar surface area (TPSA) is 37.3 Å². The van der Waals surface area contributed by atoms with Crippen LogP contribution in [0.15, 0.2) is 36.4 Å². The molecule has 110 valence electrons. The van der Waals surface area contributed by atoms with Crippen molar-refractivity contribution in [2.75, 3.05) is 20.6 Å². The first-order chi connectivity index (χ1) is 10.2. The van der Waals surface area contributed by atoms with E-state index in [-0.39, 0.29) is 5.78 Å². The van der Waals surface area contributed by atoms with Crippen molar-refractivity contribution in [3.8, 4) is 0 Å². The Morgan fingerprint density at radius 3 is 2.76 bits per heavy atom. The lowest BCUT2D eigenvalue weighted by Crippen LogP contribution is -2.29. The fraction of sp³-hybridized carbons (Fsp3) is 0.353. The second kappa shape index (κ2) is 5.84. The maximum absolute atomic E-state index is 12.8. The molecule has 21 heavy (non-hydrogen) atoms. The molecule has 1 N–H and O–H groups in total. The van der Waals surface area contributed by atoms with Crippen molar-refractivity contribution in [1.29, 1.82) is 0 Å². The van der Waals surface area contributed by atoms with Gasteiger partial charge in [-0.15, -0.1) is 0 Å². The molecule has 0 saturated heterocycles. The molecule has 2 heterocycles. The van der Waals surface area contributed by atoms with Crippen LogP contribution in [0.25, 0.3) is 0 Å². The summed E-state index contributed by atoms with van der Waals surface area (Å²) < 4.78 is 2.30. The Morgan fingerprint density at radius 1 is 1.29 bits per heavy atom. The number of carbonyl (C=O) groups excluding carboxylic acids is 1. The highest BCUT2D eigenvalue weighted by Crippen LogP contribution is 2.22. The molecule has 0 radical (unpaired) electrons. The highest BCUT2D eigenvalue weighted by Gasteiger charge is 2.22. The highest BCUT2D eigenvalue weighted by atomic mass is 16.1. The summed E-state index contributed by atoms with van der Waals surface area (Å²) in [4.78, 5) is 14.9. The zero-order valence-electron chi connectivity index (χ0n) is 12.6. The van der Waals surface area contributed by atoms with Gasteiger partial charge in [0.05, 0.1) is 0 Å². The van der Waals surface area contributed by atoms with Gasteiger partial charge in [0, 0.05) is 48.7 Å². The summed E-state index contributed by atoms with van der Waals surface area (Å²) >= 11 is 0. The minimum Gasteiger partial charge on any atom is -0.344 e. The van der Waals surface area contributed by atoms with Gasteiger partial charge in [-0.25, -0.2) is 0 Å². The Bertz CT molecular complexity index is 644. The SMILES string of the molecule is CN(C)Cc1c(C(=O)c2ccccc2)cc2n1CCNC2. The molecular weight excluding hydrogens is 262 g/mol. The van der Waals surface area contributed by atoms with Gasteiger partial charge in [0.1, 0.15) is 0 Å². The van der Waals surface area contributed by atoms with Crippen molar-refractivity contribution in [2.45, 2.75) is 19.6 Å². The molecule has 0 atom stereocenters. The number of fused-ring (bicyclic) bond motifs is 1. The van der Waals surface area contributed by atoms with E-state index in [1.807, 2.05) is 44.4 Å². The molecule has 0 amide bonds. The Hall–Kier alpha value is -1.91. The smallest absolute Gasteiger partial charge is 0.194 e. The van der Waals surface area contributed by atoms with E-state index in [0.717, 1.165) is 43.0 Å². The van der Waals surface area contributed by atoms with Crippen molar-refractivity contribution in [3.63, 3.8) is 0 Å². The number of rotatable bonds is 4. The maximum Gasteiger partial charge on any atom is 0.194 e. The first kappa shape index (κ1) is 14.0. The lowest BCUT2D eigenvalue weighted by Gasteiger charge is -2.21. The van der Waals surface area contributed by atoms with E-state index in [1.165, 1.54) is 5.69 Å². The summed E-state index contributed by atoms with van der Waals surface area (Å²) in [5, 5.41) is 3.37. The number of aromatic nitrogens is 1. The van der Waals surface area contributed by atoms with Crippen LogP contribution >= 0.6 is 0 Å². The van der Waals surface area contributed by atoms with Crippen LogP contribution in [0, 0.1) is 0 Å². The van der Waals surface area contributed by atoms with Crippen LogP contribution in [-0.2, 0) is 19.6 Å². The van der Waals surface area contributed by atoms with E-state index < -0.39 is 0 Å².